The van der Waals surface area contributed by atoms with Crippen LogP contribution in [0, 0.1) is 17.1 Å². The molecule has 9 heteroatoms. The third kappa shape index (κ3) is 4.86. The summed E-state index contributed by atoms with van der Waals surface area (Å²) in [6, 6.07) is 13.8. The molecule has 0 aliphatic rings. The fourth-order valence-electron chi connectivity index (χ4n) is 2.89. The summed E-state index contributed by atoms with van der Waals surface area (Å²) in [5, 5.41) is 16.0. The number of amides is 1. The molecule has 0 unspecified atom stereocenters. The van der Waals surface area contributed by atoms with E-state index in [0.29, 0.717) is 22.2 Å². The van der Waals surface area contributed by atoms with Gasteiger partial charge in [0.2, 0.25) is 0 Å². The first-order valence-corrected chi connectivity index (χ1v) is 9.04. The van der Waals surface area contributed by atoms with E-state index in [1.807, 2.05) is 6.07 Å². The highest BCUT2D eigenvalue weighted by Crippen LogP contribution is 2.16. The van der Waals surface area contributed by atoms with E-state index in [0.717, 1.165) is 0 Å². The summed E-state index contributed by atoms with van der Waals surface area (Å²) in [5.41, 5.74) is 0.342. The van der Waals surface area contributed by atoms with E-state index in [2.05, 4.69) is 10.2 Å². The summed E-state index contributed by atoms with van der Waals surface area (Å²) in [5.74, 6) is -1.71. The van der Waals surface area contributed by atoms with E-state index in [9.17, 15) is 18.8 Å². The number of carbonyl (C=O) groups excluding carboxylic acids is 2. The maximum atomic E-state index is 13.1. The molecule has 0 fully saturated rings. The zero-order chi connectivity index (χ0) is 21.5. The summed E-state index contributed by atoms with van der Waals surface area (Å²) in [6.45, 7) is -0.479. The van der Waals surface area contributed by atoms with Crippen molar-refractivity contribution in [2.24, 2.45) is 0 Å². The average molecular weight is 408 g/mol. The zero-order valence-electron chi connectivity index (χ0n) is 15.8. The van der Waals surface area contributed by atoms with Gasteiger partial charge in [-0.2, -0.15) is 10.4 Å². The fourth-order valence-corrected chi connectivity index (χ4v) is 2.89. The van der Waals surface area contributed by atoms with Crippen LogP contribution in [-0.2, 0) is 20.7 Å². The molecule has 0 saturated heterocycles. The lowest BCUT2D eigenvalue weighted by atomic mass is 10.1. The van der Waals surface area contributed by atoms with Crippen LogP contribution in [0.3, 0.4) is 0 Å². The lowest BCUT2D eigenvalue weighted by Gasteiger charge is -2.21. The van der Waals surface area contributed by atoms with Crippen LogP contribution >= 0.6 is 0 Å². The van der Waals surface area contributed by atoms with Gasteiger partial charge in [0.1, 0.15) is 5.82 Å². The maximum Gasteiger partial charge on any atom is 0.312 e. The van der Waals surface area contributed by atoms with Gasteiger partial charge in [-0.3, -0.25) is 14.4 Å². The molecule has 0 saturated carbocycles. The summed E-state index contributed by atoms with van der Waals surface area (Å²) < 4.78 is 18.2. The molecule has 0 spiro atoms. The third-order valence-corrected chi connectivity index (χ3v) is 4.33. The topological polar surface area (TPSA) is 116 Å². The number of anilines is 1. The minimum atomic E-state index is -0.701. The fraction of sp³-hybridized carbons (Fsp3) is 0.190. The smallest absolute Gasteiger partial charge is 0.312 e. The molecule has 3 rings (SSSR count). The average Bonchev–Trinajstić information content (AvgIpc) is 2.76. The standard InChI is InChI=1S/C21H17FN4O4/c22-14-6-8-15(9-7-14)26(11-3-10-23)19(27)13-30-20(28)12-18-16-4-1-2-5-17(16)21(29)25-24-18/h1-2,4-9H,3,11-13H2,(H,25,29). The predicted octanol–water partition coefficient (Wildman–Crippen LogP) is 2.09. The number of nitrogens with zero attached hydrogens (tertiary/aromatic N) is 3. The van der Waals surface area contributed by atoms with Crippen molar-refractivity contribution in [1.82, 2.24) is 10.2 Å². The van der Waals surface area contributed by atoms with Crippen LogP contribution in [-0.4, -0.2) is 35.2 Å². The number of nitrogens with one attached hydrogen (secondary N) is 1. The highest BCUT2D eigenvalue weighted by molar-refractivity contribution is 5.95. The molecule has 1 heterocycles. The van der Waals surface area contributed by atoms with Gasteiger partial charge in [-0.1, -0.05) is 18.2 Å². The Balaban J connectivity index is 1.67. The van der Waals surface area contributed by atoms with Gasteiger partial charge in [-0.25, -0.2) is 9.49 Å². The Morgan fingerprint density at radius 2 is 1.83 bits per heavy atom. The third-order valence-electron chi connectivity index (χ3n) is 4.33. The number of H-pyrrole nitrogens is 1. The summed E-state index contributed by atoms with van der Waals surface area (Å²) in [7, 11) is 0. The van der Waals surface area contributed by atoms with Crippen molar-refractivity contribution in [3.8, 4) is 6.07 Å². The van der Waals surface area contributed by atoms with Crippen molar-refractivity contribution in [2.75, 3.05) is 18.1 Å². The number of nitriles is 1. The van der Waals surface area contributed by atoms with Gasteiger partial charge in [0.05, 0.1) is 30.0 Å². The number of hydrogen-bond donors (Lipinski definition) is 1. The first-order valence-electron chi connectivity index (χ1n) is 9.04. The van der Waals surface area contributed by atoms with E-state index in [4.69, 9.17) is 10.00 Å². The number of carbonyl (C=O) groups is 2. The van der Waals surface area contributed by atoms with Gasteiger partial charge in [-0.15, -0.1) is 0 Å². The molecule has 1 aromatic heterocycles. The van der Waals surface area contributed by atoms with Gasteiger partial charge in [0, 0.05) is 17.6 Å². The molecule has 30 heavy (non-hydrogen) atoms. The molecule has 1 N–H and O–H groups in total. The van der Waals surface area contributed by atoms with Crippen LogP contribution in [0.15, 0.2) is 53.3 Å². The van der Waals surface area contributed by atoms with E-state index >= 15 is 0 Å². The number of fused-ring (bicyclic) bond motifs is 1. The molecule has 152 valence electrons. The quantitative estimate of drug-likeness (QED) is 0.599. The van der Waals surface area contributed by atoms with Gasteiger partial charge < -0.3 is 9.64 Å². The first kappa shape index (κ1) is 20.7. The van der Waals surface area contributed by atoms with Crippen LogP contribution in [0.5, 0.6) is 0 Å². The number of ether oxygens (including phenoxy) is 1. The maximum absolute atomic E-state index is 13.1. The van der Waals surface area contributed by atoms with Crippen molar-refractivity contribution >= 4 is 28.3 Å². The van der Waals surface area contributed by atoms with Crippen molar-refractivity contribution in [1.29, 1.82) is 5.26 Å². The van der Waals surface area contributed by atoms with Gasteiger partial charge >= 0.3 is 5.97 Å². The minimum absolute atomic E-state index is 0.0599. The summed E-state index contributed by atoms with van der Waals surface area (Å²) >= 11 is 0. The zero-order valence-corrected chi connectivity index (χ0v) is 15.8. The minimum Gasteiger partial charge on any atom is -0.455 e. The van der Waals surface area contributed by atoms with Crippen molar-refractivity contribution in [3.63, 3.8) is 0 Å². The number of esters is 1. The Labute approximate surface area is 170 Å². The van der Waals surface area contributed by atoms with Crippen molar-refractivity contribution in [2.45, 2.75) is 12.8 Å². The second kappa shape index (κ2) is 9.43. The lowest BCUT2D eigenvalue weighted by Crippen LogP contribution is -2.35. The number of aromatic nitrogens is 2. The molecular formula is C21H17FN4O4. The molecule has 1 amide bonds. The Bertz CT molecular complexity index is 1170. The van der Waals surface area contributed by atoms with Crippen LogP contribution in [0.2, 0.25) is 0 Å². The van der Waals surface area contributed by atoms with E-state index in [1.165, 1.54) is 29.2 Å². The number of halogens is 1. The summed E-state index contributed by atoms with van der Waals surface area (Å²) in [4.78, 5) is 37.8. The van der Waals surface area contributed by atoms with Crippen LogP contribution in [0.25, 0.3) is 10.8 Å². The normalized spacial score (nSPS) is 10.4. The van der Waals surface area contributed by atoms with E-state index in [1.54, 1.807) is 24.3 Å². The number of rotatable bonds is 7. The Morgan fingerprint density at radius 1 is 1.13 bits per heavy atom. The molecule has 0 aliphatic carbocycles. The molecule has 2 aromatic carbocycles. The molecule has 0 aliphatic heterocycles. The van der Waals surface area contributed by atoms with Gasteiger partial charge in [0.15, 0.2) is 6.61 Å². The Hall–Kier alpha value is -4.06. The number of hydrogen-bond acceptors (Lipinski definition) is 6. The van der Waals surface area contributed by atoms with Gasteiger partial charge in [0.25, 0.3) is 11.5 Å². The highest BCUT2D eigenvalue weighted by Gasteiger charge is 2.19. The van der Waals surface area contributed by atoms with Crippen molar-refractivity contribution < 1.29 is 18.7 Å². The predicted molar refractivity (Wildman–Crippen MR) is 106 cm³/mol. The molecule has 0 atom stereocenters. The SMILES string of the molecule is N#CCCN(C(=O)COC(=O)Cc1n[nH]c(=O)c2ccccc12)c1ccc(F)cc1. The van der Waals surface area contributed by atoms with Crippen LogP contribution in [0.4, 0.5) is 10.1 Å². The van der Waals surface area contributed by atoms with Gasteiger partial charge in [-0.05, 0) is 30.3 Å². The molecular weight excluding hydrogens is 391 g/mol. The summed E-state index contributed by atoms with van der Waals surface area (Å²) in [6.07, 6.45) is -0.177. The largest absolute Gasteiger partial charge is 0.455 e. The van der Waals surface area contributed by atoms with Crippen molar-refractivity contribution in [3.05, 3.63) is 70.4 Å². The lowest BCUT2D eigenvalue weighted by molar-refractivity contribution is -0.147. The number of benzene rings is 2. The second-order valence-electron chi connectivity index (χ2n) is 6.31. The molecule has 8 nitrogen and oxygen atoms in total. The molecule has 0 radical (unpaired) electrons. The monoisotopic (exact) mass is 408 g/mol. The molecule has 3 aromatic rings. The highest BCUT2D eigenvalue weighted by atomic mass is 19.1. The van der Waals surface area contributed by atoms with Crippen LogP contribution < -0.4 is 10.5 Å². The van der Waals surface area contributed by atoms with Crippen LogP contribution in [0.1, 0.15) is 12.1 Å². The van der Waals surface area contributed by atoms with E-state index < -0.39 is 24.3 Å². The molecule has 0 bridgehead atoms. The Kier molecular flexibility index (Phi) is 6.49. The number of aromatic amines is 1. The van der Waals surface area contributed by atoms with E-state index in [-0.39, 0.29) is 24.9 Å². The second-order valence-corrected chi connectivity index (χ2v) is 6.31. The first-order chi connectivity index (χ1) is 14.5. The Morgan fingerprint density at radius 3 is 2.53 bits per heavy atom.